The lowest BCUT2D eigenvalue weighted by Gasteiger charge is -2.21. The van der Waals surface area contributed by atoms with Crippen molar-refractivity contribution in [1.82, 2.24) is 4.57 Å². The zero-order valence-corrected chi connectivity index (χ0v) is 27.7. The molecule has 0 atom stereocenters. The molecule has 1 aliphatic carbocycles. The summed E-state index contributed by atoms with van der Waals surface area (Å²) in [5.41, 5.74) is 10.4. The van der Waals surface area contributed by atoms with E-state index in [4.69, 9.17) is 0 Å². The van der Waals surface area contributed by atoms with Crippen LogP contribution >= 0.6 is 22.7 Å². The van der Waals surface area contributed by atoms with Crippen LogP contribution in [0.3, 0.4) is 0 Å². The van der Waals surface area contributed by atoms with Crippen molar-refractivity contribution in [3.63, 3.8) is 0 Å². The molecule has 0 bridgehead atoms. The van der Waals surface area contributed by atoms with Crippen LogP contribution in [0.25, 0.3) is 79.3 Å². The molecule has 0 radical (unpaired) electrons. The smallest absolute Gasteiger partial charge is 0.0727 e. The third-order valence-electron chi connectivity index (χ3n) is 10.4. The molecule has 0 saturated heterocycles. The van der Waals surface area contributed by atoms with E-state index in [0.29, 0.717) is 0 Å². The van der Waals surface area contributed by atoms with Crippen LogP contribution in [-0.2, 0) is 0 Å². The second kappa shape index (κ2) is 10.9. The Bertz CT molecular complexity index is 2590. The monoisotopic (exact) mass is 639 g/mol. The molecule has 1 fully saturated rings. The fraction of sp³-hybridized carbons (Fsp3) is 0.136. The molecule has 0 unspecified atom stereocenters. The van der Waals surface area contributed by atoms with Crippen LogP contribution in [0.1, 0.15) is 43.6 Å². The van der Waals surface area contributed by atoms with E-state index in [1.807, 2.05) is 22.7 Å². The van der Waals surface area contributed by atoms with Crippen molar-refractivity contribution in [2.24, 2.45) is 0 Å². The maximum atomic E-state index is 2.49. The molecule has 6 aromatic carbocycles. The van der Waals surface area contributed by atoms with Crippen molar-refractivity contribution in [3.05, 3.63) is 139 Å². The van der Waals surface area contributed by atoms with Crippen LogP contribution in [0.2, 0.25) is 0 Å². The highest BCUT2D eigenvalue weighted by atomic mass is 32.1. The van der Waals surface area contributed by atoms with Gasteiger partial charge in [-0.1, -0.05) is 110 Å². The Balaban J connectivity index is 1.02. The summed E-state index contributed by atoms with van der Waals surface area (Å²) in [4.78, 5) is 0. The number of hydrogen-bond donors (Lipinski definition) is 0. The molecule has 10 rings (SSSR count). The van der Waals surface area contributed by atoms with Gasteiger partial charge >= 0.3 is 0 Å². The molecule has 9 aromatic rings. The lowest BCUT2D eigenvalue weighted by atomic mass is 9.84. The Morgan fingerprint density at radius 3 is 1.94 bits per heavy atom. The average molecular weight is 640 g/mol. The molecular weight excluding hydrogens is 607 g/mol. The second-order valence-corrected chi connectivity index (χ2v) is 15.3. The largest absolute Gasteiger partial charge is 0.308 e. The maximum absolute atomic E-state index is 2.49. The first-order valence-corrected chi connectivity index (χ1v) is 18.5. The Hall–Kier alpha value is -4.70. The zero-order valence-electron chi connectivity index (χ0n) is 26.1. The topological polar surface area (TPSA) is 4.93 Å². The number of benzene rings is 6. The molecule has 3 aromatic heterocycles. The first-order valence-electron chi connectivity index (χ1n) is 16.9. The van der Waals surface area contributed by atoms with E-state index in [-0.39, 0.29) is 0 Å². The third kappa shape index (κ3) is 4.48. The lowest BCUT2D eigenvalue weighted by molar-refractivity contribution is 0.444. The van der Waals surface area contributed by atoms with Crippen LogP contribution in [0.4, 0.5) is 0 Å². The third-order valence-corrected chi connectivity index (χ3v) is 12.7. The molecular formula is C44H33NS2. The van der Waals surface area contributed by atoms with Gasteiger partial charge in [-0.3, -0.25) is 0 Å². The van der Waals surface area contributed by atoms with Gasteiger partial charge in [-0.15, -0.1) is 22.7 Å². The Morgan fingerprint density at radius 2 is 1.13 bits per heavy atom. The summed E-state index contributed by atoms with van der Waals surface area (Å²) in [7, 11) is 0. The van der Waals surface area contributed by atoms with Crippen molar-refractivity contribution >= 4 is 74.1 Å². The van der Waals surface area contributed by atoms with Gasteiger partial charge < -0.3 is 4.57 Å². The van der Waals surface area contributed by atoms with Gasteiger partial charge in [0.15, 0.2) is 0 Å². The minimum Gasteiger partial charge on any atom is -0.308 e. The predicted octanol–water partition coefficient (Wildman–Crippen LogP) is 13.7. The first kappa shape index (κ1) is 27.4. The normalized spacial score (nSPS) is 14.3. The summed E-state index contributed by atoms with van der Waals surface area (Å²) in [6.45, 7) is 0. The van der Waals surface area contributed by atoms with Crippen LogP contribution in [0.5, 0.6) is 0 Å². The van der Waals surface area contributed by atoms with Gasteiger partial charge in [-0.2, -0.15) is 0 Å². The fourth-order valence-corrected chi connectivity index (χ4v) is 10.4. The van der Waals surface area contributed by atoms with Gasteiger partial charge in [-0.25, -0.2) is 0 Å². The summed E-state index contributed by atoms with van der Waals surface area (Å²) in [5, 5.41) is 5.41. The number of nitrogens with zero attached hydrogens (tertiary/aromatic N) is 1. The van der Waals surface area contributed by atoms with E-state index in [1.54, 1.807) is 5.56 Å². The predicted molar refractivity (Wildman–Crippen MR) is 206 cm³/mol. The quantitative estimate of drug-likeness (QED) is 0.181. The van der Waals surface area contributed by atoms with Crippen LogP contribution in [0, 0.1) is 0 Å². The van der Waals surface area contributed by atoms with Gasteiger partial charge in [0.05, 0.1) is 15.7 Å². The Morgan fingerprint density at radius 1 is 0.468 bits per heavy atom. The van der Waals surface area contributed by atoms with E-state index < -0.39 is 0 Å². The number of thiophene rings is 2. The molecule has 226 valence electrons. The Labute approximate surface area is 282 Å². The fourth-order valence-electron chi connectivity index (χ4n) is 8.01. The highest BCUT2D eigenvalue weighted by Crippen LogP contribution is 2.44. The van der Waals surface area contributed by atoms with E-state index in [9.17, 15) is 0 Å². The lowest BCUT2D eigenvalue weighted by Crippen LogP contribution is -2.03. The standard InChI is InChI=1S/C44H33NS2/c1-3-9-28(10-4-1)32-19-22-35-36-23-20-33(27-42(36)46-41(35)26-32)30-17-15-29(16-18-30)31-21-24-40-38(25-31)43-44(47-40)37-13-7-8-14-39(37)45(43)34-11-5-2-6-12-34/h2,5-8,11-28H,1,3-4,9-10H2. The summed E-state index contributed by atoms with van der Waals surface area (Å²) >= 11 is 3.85. The molecule has 0 aliphatic heterocycles. The summed E-state index contributed by atoms with van der Waals surface area (Å²) in [6, 6.07) is 50.0. The van der Waals surface area contributed by atoms with Crippen molar-refractivity contribution in [2.75, 3.05) is 0 Å². The molecule has 3 heterocycles. The number of rotatable bonds is 4. The summed E-state index contributed by atoms with van der Waals surface area (Å²) in [6.07, 6.45) is 6.85. The van der Waals surface area contributed by atoms with Gasteiger partial charge in [0.25, 0.3) is 0 Å². The van der Waals surface area contributed by atoms with Crippen LogP contribution in [-0.4, -0.2) is 4.57 Å². The second-order valence-electron chi connectivity index (χ2n) is 13.2. The van der Waals surface area contributed by atoms with Crippen LogP contribution < -0.4 is 0 Å². The van der Waals surface area contributed by atoms with Gasteiger partial charge in [0.2, 0.25) is 0 Å². The van der Waals surface area contributed by atoms with Crippen molar-refractivity contribution in [2.45, 2.75) is 38.0 Å². The molecule has 0 spiro atoms. The van der Waals surface area contributed by atoms with Gasteiger partial charge in [0.1, 0.15) is 0 Å². The van der Waals surface area contributed by atoms with Crippen molar-refractivity contribution in [1.29, 1.82) is 0 Å². The van der Waals surface area contributed by atoms with Gasteiger partial charge in [-0.05, 0) is 89.0 Å². The molecule has 3 heteroatoms. The van der Waals surface area contributed by atoms with Crippen molar-refractivity contribution in [3.8, 4) is 27.9 Å². The maximum Gasteiger partial charge on any atom is 0.0727 e. The minimum atomic E-state index is 0.743. The van der Waals surface area contributed by atoms with Gasteiger partial charge in [0, 0.05) is 41.3 Å². The van der Waals surface area contributed by atoms with E-state index >= 15 is 0 Å². The van der Waals surface area contributed by atoms with Crippen molar-refractivity contribution < 1.29 is 0 Å². The molecule has 0 amide bonds. The highest BCUT2D eigenvalue weighted by molar-refractivity contribution is 7.27. The molecule has 1 nitrogen and oxygen atoms in total. The molecule has 0 N–H and O–H groups in total. The highest BCUT2D eigenvalue weighted by Gasteiger charge is 2.19. The number of fused-ring (bicyclic) bond motifs is 8. The zero-order chi connectivity index (χ0) is 30.9. The molecule has 47 heavy (non-hydrogen) atoms. The Kier molecular flexibility index (Phi) is 6.38. The average Bonchev–Trinajstić information content (AvgIpc) is 3.80. The molecule has 1 saturated carbocycles. The summed E-state index contributed by atoms with van der Waals surface area (Å²) < 4.78 is 7.93. The van der Waals surface area contributed by atoms with E-state index in [2.05, 4.69) is 138 Å². The minimum absolute atomic E-state index is 0.743. The number of aromatic nitrogens is 1. The van der Waals surface area contributed by atoms with E-state index in [0.717, 1.165) is 5.92 Å². The van der Waals surface area contributed by atoms with E-state index in [1.165, 1.54) is 111 Å². The van der Waals surface area contributed by atoms with Crippen LogP contribution in [0.15, 0.2) is 133 Å². The first-order chi connectivity index (χ1) is 23.3. The number of para-hydroxylation sites is 2. The SMILES string of the molecule is c1ccc(-n2c3ccccc3c3sc4ccc(-c5ccc(-c6ccc7c(c6)sc6cc(C8CCCCC8)ccc67)cc5)cc4c32)cc1. The molecule has 1 aliphatic rings. The summed E-state index contributed by atoms with van der Waals surface area (Å²) in [5.74, 6) is 0.743. The number of hydrogen-bond acceptors (Lipinski definition) is 2.